The fourth-order valence-corrected chi connectivity index (χ4v) is 3.06. The zero-order valence-electron chi connectivity index (χ0n) is 14.4. The van der Waals surface area contributed by atoms with Crippen molar-refractivity contribution in [3.8, 4) is 23.0 Å². The quantitative estimate of drug-likeness (QED) is 0.540. The average Bonchev–Trinajstić information content (AvgIpc) is 2.60. The molecule has 26 heavy (non-hydrogen) atoms. The molecule has 0 bridgehead atoms. The molecule has 4 nitrogen and oxygen atoms in total. The molecule has 0 aliphatic carbocycles. The van der Waals surface area contributed by atoms with Gasteiger partial charge in [0.25, 0.3) is 0 Å². The maximum atomic E-state index is 10.1. The third-order valence-corrected chi connectivity index (χ3v) is 4.47. The van der Waals surface area contributed by atoms with E-state index in [4.69, 9.17) is 0 Å². The second-order valence-corrected chi connectivity index (χ2v) is 6.45. The van der Waals surface area contributed by atoms with Crippen LogP contribution < -0.4 is 0 Å². The van der Waals surface area contributed by atoms with E-state index in [0.717, 1.165) is 22.3 Å². The topological polar surface area (TPSA) is 80.9 Å². The van der Waals surface area contributed by atoms with Gasteiger partial charge in [-0.05, 0) is 78.3 Å². The Hall–Kier alpha value is -3.14. The van der Waals surface area contributed by atoms with E-state index < -0.39 is 0 Å². The Morgan fingerprint density at radius 2 is 0.962 bits per heavy atom. The molecule has 134 valence electrons. The molecule has 0 saturated heterocycles. The van der Waals surface area contributed by atoms with Gasteiger partial charge in [-0.15, -0.1) is 0 Å². The molecule has 0 aliphatic rings. The molecule has 0 unspecified atom stereocenters. The first-order valence-electron chi connectivity index (χ1n) is 8.61. The van der Waals surface area contributed by atoms with Gasteiger partial charge in [0.15, 0.2) is 0 Å². The summed E-state index contributed by atoms with van der Waals surface area (Å²) in [6, 6.07) is 17.3. The molecule has 3 rings (SSSR count). The summed E-state index contributed by atoms with van der Waals surface area (Å²) in [7, 11) is 0. The number of benzene rings is 3. The van der Waals surface area contributed by atoms with Gasteiger partial charge in [0, 0.05) is 6.07 Å². The highest BCUT2D eigenvalue weighted by molar-refractivity contribution is 5.46. The Labute approximate surface area is 152 Å². The second-order valence-electron chi connectivity index (χ2n) is 6.45. The van der Waals surface area contributed by atoms with Crippen LogP contribution in [0, 0.1) is 0 Å². The third kappa shape index (κ3) is 4.48. The Bertz CT molecular complexity index is 832. The first kappa shape index (κ1) is 17.7. The summed E-state index contributed by atoms with van der Waals surface area (Å²) in [5.41, 5.74) is 3.49. The predicted molar refractivity (Wildman–Crippen MR) is 101 cm³/mol. The molecule has 3 aromatic rings. The zero-order chi connectivity index (χ0) is 18.5. The molecule has 0 atom stereocenters. The van der Waals surface area contributed by atoms with Crippen molar-refractivity contribution >= 4 is 0 Å². The maximum absolute atomic E-state index is 10.1. The summed E-state index contributed by atoms with van der Waals surface area (Å²) in [6.07, 6.45) is 2.57. The molecule has 0 fully saturated rings. The van der Waals surface area contributed by atoms with E-state index >= 15 is 0 Å². The fourth-order valence-electron chi connectivity index (χ4n) is 3.06. The highest BCUT2D eigenvalue weighted by Gasteiger charge is 2.10. The van der Waals surface area contributed by atoms with Crippen molar-refractivity contribution in [1.29, 1.82) is 0 Å². The maximum Gasteiger partial charge on any atom is 0.122 e. The summed E-state index contributed by atoms with van der Waals surface area (Å²) in [6.45, 7) is 0. The number of hydrogen-bond donors (Lipinski definition) is 4. The Morgan fingerprint density at radius 1 is 0.500 bits per heavy atom. The first-order chi connectivity index (χ1) is 12.5. The molecule has 0 amide bonds. The standard InChI is InChI=1S/C22H22O4/c23-19-5-1-3-15(11-19)7-9-17-13-18(22(26)14-21(17)25)10-8-16-4-2-6-20(24)12-16/h1-6,11-14,23-26H,7-10H2. The van der Waals surface area contributed by atoms with Gasteiger partial charge in [0.1, 0.15) is 23.0 Å². The lowest BCUT2D eigenvalue weighted by molar-refractivity contribution is 0.441. The lowest BCUT2D eigenvalue weighted by Gasteiger charge is -2.11. The average molecular weight is 350 g/mol. The summed E-state index contributed by atoms with van der Waals surface area (Å²) < 4.78 is 0. The van der Waals surface area contributed by atoms with Gasteiger partial charge in [-0.1, -0.05) is 24.3 Å². The van der Waals surface area contributed by atoms with Crippen molar-refractivity contribution in [3.63, 3.8) is 0 Å². The van der Waals surface area contributed by atoms with Gasteiger partial charge < -0.3 is 20.4 Å². The number of phenolic OH excluding ortho intramolecular Hbond substituents is 4. The van der Waals surface area contributed by atoms with Crippen LogP contribution in [0.3, 0.4) is 0 Å². The van der Waals surface area contributed by atoms with E-state index in [9.17, 15) is 20.4 Å². The number of phenols is 4. The van der Waals surface area contributed by atoms with Crippen LogP contribution in [-0.2, 0) is 25.7 Å². The van der Waals surface area contributed by atoms with E-state index in [1.54, 1.807) is 36.4 Å². The Morgan fingerprint density at radius 3 is 1.38 bits per heavy atom. The molecule has 0 heterocycles. The van der Waals surface area contributed by atoms with Gasteiger partial charge >= 0.3 is 0 Å². The molecule has 0 radical (unpaired) electrons. The minimum absolute atomic E-state index is 0.0729. The first-order valence-corrected chi connectivity index (χ1v) is 8.61. The van der Waals surface area contributed by atoms with Gasteiger partial charge in [0.05, 0.1) is 0 Å². The van der Waals surface area contributed by atoms with Crippen LogP contribution in [0.15, 0.2) is 60.7 Å². The van der Waals surface area contributed by atoms with E-state index in [-0.39, 0.29) is 23.0 Å². The summed E-state index contributed by atoms with van der Waals surface area (Å²) in [5.74, 6) is 0.598. The van der Waals surface area contributed by atoms with Crippen molar-refractivity contribution in [2.45, 2.75) is 25.7 Å². The van der Waals surface area contributed by atoms with Crippen molar-refractivity contribution in [2.75, 3.05) is 0 Å². The van der Waals surface area contributed by atoms with Crippen LogP contribution in [-0.4, -0.2) is 20.4 Å². The highest BCUT2D eigenvalue weighted by Crippen LogP contribution is 2.30. The molecule has 3 aromatic carbocycles. The van der Waals surface area contributed by atoms with Crippen molar-refractivity contribution in [3.05, 3.63) is 82.9 Å². The lowest BCUT2D eigenvalue weighted by atomic mass is 9.97. The molecule has 0 aromatic heterocycles. The van der Waals surface area contributed by atoms with Crippen LogP contribution in [0.1, 0.15) is 22.3 Å². The Balaban J connectivity index is 1.71. The van der Waals surface area contributed by atoms with Gasteiger partial charge in [0.2, 0.25) is 0 Å². The summed E-state index contributed by atoms with van der Waals surface area (Å²) in [5, 5.41) is 39.3. The van der Waals surface area contributed by atoms with Crippen molar-refractivity contribution in [1.82, 2.24) is 0 Å². The van der Waals surface area contributed by atoms with E-state index in [0.29, 0.717) is 25.7 Å². The predicted octanol–water partition coefficient (Wildman–Crippen LogP) is 4.08. The van der Waals surface area contributed by atoms with Crippen LogP contribution in [0.5, 0.6) is 23.0 Å². The summed E-state index contributed by atoms with van der Waals surface area (Å²) >= 11 is 0. The van der Waals surface area contributed by atoms with Gasteiger partial charge in [-0.3, -0.25) is 0 Å². The van der Waals surface area contributed by atoms with Gasteiger partial charge in [-0.2, -0.15) is 0 Å². The molecule has 0 aliphatic heterocycles. The molecule has 0 spiro atoms. The third-order valence-electron chi connectivity index (χ3n) is 4.47. The van der Waals surface area contributed by atoms with E-state index in [2.05, 4.69) is 0 Å². The molecular formula is C22H22O4. The van der Waals surface area contributed by atoms with Gasteiger partial charge in [-0.25, -0.2) is 0 Å². The monoisotopic (exact) mass is 350 g/mol. The van der Waals surface area contributed by atoms with Crippen molar-refractivity contribution < 1.29 is 20.4 Å². The van der Waals surface area contributed by atoms with Crippen LogP contribution in [0.4, 0.5) is 0 Å². The normalized spacial score (nSPS) is 10.8. The minimum atomic E-state index is 0.0729. The van der Waals surface area contributed by atoms with Crippen LogP contribution >= 0.6 is 0 Å². The number of hydrogen-bond acceptors (Lipinski definition) is 4. The SMILES string of the molecule is Oc1cccc(CCc2cc(CCc3cccc(O)c3)c(O)cc2O)c1. The Kier molecular flexibility index (Phi) is 5.32. The smallest absolute Gasteiger partial charge is 0.122 e. The summed E-state index contributed by atoms with van der Waals surface area (Å²) in [4.78, 5) is 0. The molecule has 4 heteroatoms. The lowest BCUT2D eigenvalue weighted by Crippen LogP contribution is -1.97. The minimum Gasteiger partial charge on any atom is -0.508 e. The number of aromatic hydroxyl groups is 4. The van der Waals surface area contributed by atoms with E-state index in [1.807, 2.05) is 18.2 Å². The highest BCUT2D eigenvalue weighted by atomic mass is 16.3. The largest absolute Gasteiger partial charge is 0.508 e. The fraction of sp³-hybridized carbons (Fsp3) is 0.182. The molecule has 4 N–H and O–H groups in total. The number of rotatable bonds is 6. The van der Waals surface area contributed by atoms with E-state index in [1.165, 1.54) is 6.07 Å². The number of aryl methyl sites for hydroxylation is 4. The van der Waals surface area contributed by atoms with Crippen molar-refractivity contribution in [2.24, 2.45) is 0 Å². The van der Waals surface area contributed by atoms with Crippen LogP contribution in [0.25, 0.3) is 0 Å². The molecule has 0 saturated carbocycles. The molecular weight excluding hydrogens is 328 g/mol. The van der Waals surface area contributed by atoms with Crippen LogP contribution in [0.2, 0.25) is 0 Å². The zero-order valence-corrected chi connectivity index (χ0v) is 14.4. The second kappa shape index (κ2) is 7.83.